The molecule has 1 aliphatic heterocycles. The van der Waals surface area contributed by atoms with Crippen molar-refractivity contribution in [2.24, 2.45) is 7.05 Å². The molecule has 26 heavy (non-hydrogen) atoms. The fourth-order valence-corrected chi connectivity index (χ4v) is 3.02. The Labute approximate surface area is 150 Å². The van der Waals surface area contributed by atoms with Crippen molar-refractivity contribution in [1.82, 2.24) is 24.0 Å². The van der Waals surface area contributed by atoms with Crippen molar-refractivity contribution in [2.75, 3.05) is 18.5 Å². The van der Waals surface area contributed by atoms with Crippen LogP contribution in [0.1, 0.15) is 5.82 Å². The first-order valence-corrected chi connectivity index (χ1v) is 8.18. The molecule has 2 aromatic heterocycles. The normalized spacial score (nSPS) is 14.6. The number of imide groups is 1. The minimum absolute atomic E-state index is 0.0899. The predicted molar refractivity (Wildman–Crippen MR) is 96.0 cm³/mol. The number of hydrogen-bond acceptors (Lipinski definition) is 4. The number of aromatic nitrogens is 4. The van der Waals surface area contributed by atoms with Gasteiger partial charge in [0.1, 0.15) is 18.1 Å². The predicted octanol–water partition coefficient (Wildman–Crippen LogP) is 1.98. The molecule has 132 valence electrons. The van der Waals surface area contributed by atoms with Gasteiger partial charge in [-0.25, -0.2) is 19.7 Å². The van der Waals surface area contributed by atoms with Crippen LogP contribution in [0.3, 0.4) is 0 Å². The summed E-state index contributed by atoms with van der Waals surface area (Å²) in [5.41, 5.74) is 2.10. The standard InChI is InChI=1S/C18H18N6O2/c1-12-20-15(10-21(12)2)17-19-7-8-23(17)13-5-4-6-14(9-13)24-16(25)11-22(3)18(24)26/h4-10H,11H2,1-3H3. The summed E-state index contributed by atoms with van der Waals surface area (Å²) < 4.78 is 3.82. The summed E-state index contributed by atoms with van der Waals surface area (Å²) in [4.78, 5) is 35.9. The third-order valence-corrected chi connectivity index (χ3v) is 4.48. The van der Waals surface area contributed by atoms with Gasteiger partial charge >= 0.3 is 6.03 Å². The van der Waals surface area contributed by atoms with Crippen LogP contribution in [-0.4, -0.2) is 49.5 Å². The zero-order valence-corrected chi connectivity index (χ0v) is 14.7. The second kappa shape index (κ2) is 5.83. The van der Waals surface area contributed by atoms with E-state index in [0.29, 0.717) is 11.5 Å². The lowest BCUT2D eigenvalue weighted by atomic mass is 10.2. The van der Waals surface area contributed by atoms with Crippen LogP contribution in [0.5, 0.6) is 0 Å². The molecule has 0 unspecified atom stereocenters. The van der Waals surface area contributed by atoms with Gasteiger partial charge in [-0.1, -0.05) is 6.07 Å². The van der Waals surface area contributed by atoms with Gasteiger partial charge in [-0.05, 0) is 25.1 Å². The van der Waals surface area contributed by atoms with E-state index < -0.39 is 0 Å². The average molecular weight is 350 g/mol. The largest absolute Gasteiger partial charge is 0.337 e. The minimum Gasteiger partial charge on any atom is -0.337 e. The number of hydrogen-bond donors (Lipinski definition) is 0. The molecule has 0 aliphatic carbocycles. The van der Waals surface area contributed by atoms with E-state index in [4.69, 9.17) is 0 Å². The zero-order valence-electron chi connectivity index (χ0n) is 14.7. The van der Waals surface area contributed by atoms with Crippen LogP contribution in [0.2, 0.25) is 0 Å². The second-order valence-corrected chi connectivity index (χ2v) is 6.29. The van der Waals surface area contributed by atoms with Crippen molar-refractivity contribution in [3.05, 3.63) is 48.7 Å². The number of nitrogens with zero attached hydrogens (tertiary/aromatic N) is 6. The van der Waals surface area contributed by atoms with Crippen LogP contribution in [0.4, 0.5) is 10.5 Å². The molecule has 0 N–H and O–H groups in total. The maximum absolute atomic E-state index is 12.2. The zero-order chi connectivity index (χ0) is 18.4. The van der Waals surface area contributed by atoms with Crippen molar-refractivity contribution < 1.29 is 9.59 Å². The van der Waals surface area contributed by atoms with Crippen molar-refractivity contribution in [1.29, 1.82) is 0 Å². The fourth-order valence-electron chi connectivity index (χ4n) is 3.02. The summed E-state index contributed by atoms with van der Waals surface area (Å²) in [7, 11) is 3.54. The van der Waals surface area contributed by atoms with E-state index in [-0.39, 0.29) is 18.5 Å². The molecule has 3 heterocycles. The molecule has 8 nitrogen and oxygen atoms in total. The lowest BCUT2D eigenvalue weighted by molar-refractivity contribution is -0.116. The molecule has 0 atom stereocenters. The Balaban J connectivity index is 1.76. The third kappa shape index (κ3) is 2.46. The van der Waals surface area contributed by atoms with E-state index in [1.807, 2.05) is 47.6 Å². The number of carbonyl (C=O) groups excluding carboxylic acids is 2. The number of likely N-dealkylation sites (N-methyl/N-ethyl adjacent to an activating group) is 1. The van der Waals surface area contributed by atoms with Crippen molar-refractivity contribution in [3.8, 4) is 17.2 Å². The topological polar surface area (TPSA) is 76.3 Å². The van der Waals surface area contributed by atoms with Crippen molar-refractivity contribution in [2.45, 2.75) is 6.92 Å². The number of rotatable bonds is 3. The van der Waals surface area contributed by atoms with Crippen molar-refractivity contribution in [3.63, 3.8) is 0 Å². The van der Waals surface area contributed by atoms with Gasteiger partial charge in [0.25, 0.3) is 5.91 Å². The van der Waals surface area contributed by atoms with Gasteiger partial charge in [0, 0.05) is 38.4 Å². The van der Waals surface area contributed by atoms with Gasteiger partial charge in [-0.15, -0.1) is 0 Å². The Bertz CT molecular complexity index is 999. The SMILES string of the molecule is Cc1nc(-c2nccn2-c2cccc(N3C(=O)CN(C)C3=O)c2)cn1C. The van der Waals surface area contributed by atoms with E-state index >= 15 is 0 Å². The Morgan fingerprint density at radius 3 is 2.54 bits per heavy atom. The first-order chi connectivity index (χ1) is 12.5. The molecule has 1 aliphatic rings. The molecule has 4 rings (SSSR count). The lowest BCUT2D eigenvalue weighted by Crippen LogP contribution is -2.31. The molecule has 1 aromatic carbocycles. The summed E-state index contributed by atoms with van der Waals surface area (Å²) in [5.74, 6) is 1.35. The number of aryl methyl sites for hydroxylation is 2. The van der Waals surface area contributed by atoms with Gasteiger partial charge < -0.3 is 9.47 Å². The second-order valence-electron chi connectivity index (χ2n) is 6.29. The van der Waals surface area contributed by atoms with Crippen LogP contribution in [-0.2, 0) is 11.8 Å². The molecule has 1 fully saturated rings. The van der Waals surface area contributed by atoms with Crippen LogP contribution in [0.25, 0.3) is 17.2 Å². The van der Waals surface area contributed by atoms with Gasteiger partial charge in [0.2, 0.25) is 0 Å². The van der Waals surface area contributed by atoms with E-state index in [0.717, 1.165) is 17.2 Å². The Hall–Kier alpha value is -3.42. The molecule has 3 amide bonds. The number of anilines is 1. The maximum atomic E-state index is 12.2. The number of benzene rings is 1. The van der Waals surface area contributed by atoms with E-state index in [1.54, 1.807) is 25.4 Å². The summed E-state index contributed by atoms with van der Waals surface area (Å²) in [6.45, 7) is 2.02. The van der Waals surface area contributed by atoms with Gasteiger partial charge in [-0.3, -0.25) is 9.36 Å². The minimum atomic E-state index is -0.321. The quantitative estimate of drug-likeness (QED) is 0.677. The van der Waals surface area contributed by atoms with E-state index in [1.165, 1.54) is 9.80 Å². The van der Waals surface area contributed by atoms with Crippen LogP contribution in [0, 0.1) is 6.92 Å². The van der Waals surface area contributed by atoms with Gasteiger partial charge in [0.05, 0.1) is 5.69 Å². The summed E-state index contributed by atoms with van der Waals surface area (Å²) in [5, 5.41) is 0. The number of amides is 3. The molecule has 0 saturated carbocycles. The van der Waals surface area contributed by atoms with Crippen LogP contribution < -0.4 is 4.90 Å². The molecule has 0 bridgehead atoms. The van der Waals surface area contributed by atoms with Crippen LogP contribution >= 0.6 is 0 Å². The molecular weight excluding hydrogens is 332 g/mol. The highest BCUT2D eigenvalue weighted by molar-refractivity contribution is 6.19. The van der Waals surface area contributed by atoms with E-state index in [2.05, 4.69) is 9.97 Å². The molecule has 8 heteroatoms. The van der Waals surface area contributed by atoms with Gasteiger partial charge in [0.15, 0.2) is 5.82 Å². The van der Waals surface area contributed by atoms with Crippen molar-refractivity contribution >= 4 is 17.6 Å². The Kier molecular flexibility index (Phi) is 3.61. The van der Waals surface area contributed by atoms with Crippen LogP contribution in [0.15, 0.2) is 42.9 Å². The van der Waals surface area contributed by atoms with Gasteiger partial charge in [-0.2, -0.15) is 0 Å². The molecule has 0 radical (unpaired) electrons. The summed E-state index contributed by atoms with van der Waals surface area (Å²) in [6.07, 6.45) is 5.45. The smallest absolute Gasteiger partial charge is 0.331 e. The third-order valence-electron chi connectivity index (χ3n) is 4.48. The molecule has 1 saturated heterocycles. The summed E-state index contributed by atoms with van der Waals surface area (Å²) >= 11 is 0. The highest BCUT2D eigenvalue weighted by atomic mass is 16.2. The first kappa shape index (κ1) is 16.1. The maximum Gasteiger partial charge on any atom is 0.331 e. The highest BCUT2D eigenvalue weighted by Crippen LogP contribution is 2.26. The lowest BCUT2D eigenvalue weighted by Gasteiger charge is -2.16. The molecule has 3 aromatic rings. The van der Waals surface area contributed by atoms with E-state index in [9.17, 15) is 9.59 Å². The Morgan fingerprint density at radius 1 is 1.12 bits per heavy atom. The fraction of sp³-hybridized carbons (Fsp3) is 0.222. The highest BCUT2D eigenvalue weighted by Gasteiger charge is 2.34. The Morgan fingerprint density at radius 2 is 1.88 bits per heavy atom. The molecular formula is C18H18N6O2. The molecule has 0 spiro atoms. The first-order valence-electron chi connectivity index (χ1n) is 8.18. The average Bonchev–Trinajstić information content (AvgIpc) is 3.28. The number of carbonyl (C=O) groups is 2. The number of urea groups is 1. The summed E-state index contributed by atoms with van der Waals surface area (Å²) in [6, 6.07) is 6.95. The number of imidazole rings is 2. The monoisotopic (exact) mass is 350 g/mol.